The first-order valence-corrected chi connectivity index (χ1v) is 7.76. The van der Waals surface area contributed by atoms with Crippen LogP contribution in [0.4, 0.5) is 0 Å². The van der Waals surface area contributed by atoms with Crippen LogP contribution in [-0.4, -0.2) is 18.9 Å². The number of rotatable bonds is 4. The summed E-state index contributed by atoms with van der Waals surface area (Å²) in [5, 5.41) is 3.34. The van der Waals surface area contributed by atoms with Gasteiger partial charge in [-0.1, -0.05) is 36.4 Å². The molecule has 2 aromatic rings. The van der Waals surface area contributed by atoms with Crippen LogP contribution in [-0.2, 0) is 10.2 Å². The highest BCUT2D eigenvalue weighted by Gasteiger charge is 2.40. The van der Waals surface area contributed by atoms with Crippen molar-refractivity contribution in [3.05, 3.63) is 60.2 Å². The number of Topliss-reactive ketones (excluding diaryl/α,β-unsaturated/α-hetero) is 1. The Hall–Kier alpha value is -2.13. The molecule has 0 radical (unpaired) electrons. The quantitative estimate of drug-likeness (QED) is 0.935. The normalized spacial score (nSPS) is 17.0. The molecule has 1 N–H and O–H groups in total. The molecule has 1 heterocycles. The van der Waals surface area contributed by atoms with Gasteiger partial charge in [0.2, 0.25) is 0 Å². The van der Waals surface area contributed by atoms with Crippen molar-refractivity contribution in [3.8, 4) is 11.5 Å². The largest absolute Gasteiger partial charge is 0.457 e. The van der Waals surface area contributed by atoms with Crippen LogP contribution in [0.5, 0.6) is 11.5 Å². The minimum Gasteiger partial charge on any atom is -0.457 e. The van der Waals surface area contributed by atoms with Crippen LogP contribution in [0.3, 0.4) is 0 Å². The van der Waals surface area contributed by atoms with Crippen LogP contribution in [0.15, 0.2) is 54.6 Å². The van der Waals surface area contributed by atoms with Crippen molar-refractivity contribution >= 4 is 5.78 Å². The van der Waals surface area contributed by atoms with Crippen LogP contribution in [0.2, 0.25) is 0 Å². The molecule has 0 amide bonds. The second-order valence-electron chi connectivity index (χ2n) is 5.80. The summed E-state index contributed by atoms with van der Waals surface area (Å²) in [6.07, 6.45) is 1.63. The van der Waals surface area contributed by atoms with Crippen molar-refractivity contribution in [2.45, 2.75) is 25.2 Å². The van der Waals surface area contributed by atoms with Gasteiger partial charge in [-0.25, -0.2) is 0 Å². The molecule has 3 rings (SSSR count). The highest BCUT2D eigenvalue weighted by Crippen LogP contribution is 2.41. The summed E-state index contributed by atoms with van der Waals surface area (Å²) < 4.78 is 6.07. The number of carbonyl (C=O) groups is 1. The molecule has 114 valence electrons. The van der Waals surface area contributed by atoms with Gasteiger partial charge in [-0.3, -0.25) is 4.79 Å². The number of para-hydroxylation sites is 2. The molecule has 3 nitrogen and oxygen atoms in total. The van der Waals surface area contributed by atoms with E-state index in [4.69, 9.17) is 4.74 Å². The number of ketones is 1. The van der Waals surface area contributed by atoms with E-state index in [1.54, 1.807) is 6.92 Å². The number of hydrogen-bond donors (Lipinski definition) is 1. The lowest BCUT2D eigenvalue weighted by Gasteiger charge is -2.36. The average Bonchev–Trinajstić information content (AvgIpc) is 2.57. The molecule has 3 heteroatoms. The van der Waals surface area contributed by atoms with Crippen molar-refractivity contribution in [3.63, 3.8) is 0 Å². The number of carbonyl (C=O) groups excluding carboxylic acids is 1. The number of benzene rings is 2. The molecule has 0 aliphatic carbocycles. The summed E-state index contributed by atoms with van der Waals surface area (Å²) in [4.78, 5) is 12.4. The number of hydrogen-bond acceptors (Lipinski definition) is 3. The van der Waals surface area contributed by atoms with E-state index in [1.165, 1.54) is 0 Å². The van der Waals surface area contributed by atoms with Gasteiger partial charge < -0.3 is 10.1 Å². The number of nitrogens with one attached hydrogen (secondary N) is 1. The van der Waals surface area contributed by atoms with Gasteiger partial charge in [-0.05, 0) is 51.1 Å². The third-order valence-electron chi connectivity index (χ3n) is 4.50. The highest BCUT2D eigenvalue weighted by molar-refractivity contribution is 5.89. The molecule has 0 aromatic heterocycles. The zero-order valence-corrected chi connectivity index (χ0v) is 12.8. The van der Waals surface area contributed by atoms with Gasteiger partial charge >= 0.3 is 0 Å². The first-order chi connectivity index (χ1) is 10.7. The number of ether oxygens (including phenoxy) is 1. The maximum absolute atomic E-state index is 12.4. The zero-order chi connectivity index (χ0) is 15.4. The zero-order valence-electron chi connectivity index (χ0n) is 12.8. The molecule has 0 atom stereocenters. The van der Waals surface area contributed by atoms with E-state index in [1.807, 2.05) is 54.6 Å². The maximum atomic E-state index is 12.4. The third-order valence-corrected chi connectivity index (χ3v) is 4.50. The molecule has 0 spiro atoms. The second kappa shape index (κ2) is 6.32. The Morgan fingerprint density at radius 1 is 1.00 bits per heavy atom. The highest BCUT2D eigenvalue weighted by atomic mass is 16.5. The van der Waals surface area contributed by atoms with Gasteiger partial charge in [-0.15, -0.1) is 0 Å². The van der Waals surface area contributed by atoms with E-state index in [0.717, 1.165) is 43.0 Å². The summed E-state index contributed by atoms with van der Waals surface area (Å²) in [6, 6.07) is 17.6. The van der Waals surface area contributed by atoms with Crippen molar-refractivity contribution in [1.29, 1.82) is 0 Å². The maximum Gasteiger partial charge on any atom is 0.140 e. The Balaban J connectivity index is 2.01. The van der Waals surface area contributed by atoms with Crippen LogP contribution in [0.1, 0.15) is 25.3 Å². The fraction of sp³-hybridized carbons (Fsp3) is 0.316. The molecule has 0 unspecified atom stereocenters. The molecular weight excluding hydrogens is 274 g/mol. The Morgan fingerprint density at radius 3 is 2.32 bits per heavy atom. The Bertz CT molecular complexity index is 645. The lowest BCUT2D eigenvalue weighted by atomic mass is 9.70. The van der Waals surface area contributed by atoms with Crippen LogP contribution in [0.25, 0.3) is 0 Å². The first-order valence-electron chi connectivity index (χ1n) is 7.76. The van der Waals surface area contributed by atoms with Gasteiger partial charge in [0.15, 0.2) is 0 Å². The second-order valence-corrected chi connectivity index (χ2v) is 5.80. The lowest BCUT2D eigenvalue weighted by molar-refractivity contribution is -0.123. The number of piperidine rings is 1. The van der Waals surface area contributed by atoms with E-state index < -0.39 is 5.41 Å². The minimum atomic E-state index is -0.434. The predicted octanol–water partition coefficient (Wildman–Crippen LogP) is 3.69. The first kappa shape index (κ1) is 14.8. The van der Waals surface area contributed by atoms with Crippen molar-refractivity contribution in [2.75, 3.05) is 13.1 Å². The summed E-state index contributed by atoms with van der Waals surface area (Å²) in [7, 11) is 0. The topological polar surface area (TPSA) is 38.3 Å². The molecule has 1 fully saturated rings. The lowest BCUT2D eigenvalue weighted by Crippen LogP contribution is -2.44. The summed E-state index contributed by atoms with van der Waals surface area (Å²) in [5.41, 5.74) is 0.573. The van der Waals surface area contributed by atoms with Crippen LogP contribution < -0.4 is 10.1 Å². The Labute approximate surface area is 131 Å². The predicted molar refractivity (Wildman–Crippen MR) is 87.4 cm³/mol. The van der Waals surface area contributed by atoms with E-state index in [2.05, 4.69) is 5.32 Å². The molecule has 1 aliphatic rings. The summed E-state index contributed by atoms with van der Waals surface area (Å²) in [6.45, 7) is 3.42. The molecule has 22 heavy (non-hydrogen) atoms. The Morgan fingerprint density at radius 2 is 1.64 bits per heavy atom. The summed E-state index contributed by atoms with van der Waals surface area (Å²) in [5.74, 6) is 1.80. The van der Waals surface area contributed by atoms with Crippen molar-refractivity contribution < 1.29 is 9.53 Å². The van der Waals surface area contributed by atoms with Crippen LogP contribution in [0, 0.1) is 0 Å². The van der Waals surface area contributed by atoms with Gasteiger partial charge in [0, 0.05) is 5.56 Å². The summed E-state index contributed by atoms with van der Waals surface area (Å²) >= 11 is 0. The SMILES string of the molecule is CC(=O)C1(c2ccccc2Oc2ccccc2)CCNCC1. The van der Waals surface area contributed by atoms with Gasteiger partial charge in [0.25, 0.3) is 0 Å². The monoisotopic (exact) mass is 295 g/mol. The van der Waals surface area contributed by atoms with Gasteiger partial charge in [0.1, 0.15) is 17.3 Å². The van der Waals surface area contributed by atoms with Crippen molar-refractivity contribution in [1.82, 2.24) is 5.32 Å². The Kier molecular flexibility index (Phi) is 4.25. The third kappa shape index (κ3) is 2.77. The van der Waals surface area contributed by atoms with Crippen LogP contribution >= 0.6 is 0 Å². The molecule has 2 aromatic carbocycles. The molecule has 1 saturated heterocycles. The van der Waals surface area contributed by atoms with Crippen molar-refractivity contribution in [2.24, 2.45) is 0 Å². The fourth-order valence-electron chi connectivity index (χ4n) is 3.23. The molecular formula is C19H21NO2. The molecule has 0 bridgehead atoms. The molecule has 1 aliphatic heterocycles. The van der Waals surface area contributed by atoms with E-state index >= 15 is 0 Å². The minimum absolute atomic E-state index is 0.220. The van der Waals surface area contributed by atoms with E-state index in [-0.39, 0.29) is 5.78 Å². The average molecular weight is 295 g/mol. The van der Waals surface area contributed by atoms with E-state index in [0.29, 0.717) is 0 Å². The van der Waals surface area contributed by atoms with Gasteiger partial charge in [0.05, 0.1) is 5.41 Å². The standard InChI is InChI=1S/C19H21NO2/c1-15(21)19(11-13-20-14-12-19)17-9-5-6-10-18(17)22-16-7-3-2-4-8-16/h2-10,20H,11-14H2,1H3. The van der Waals surface area contributed by atoms with E-state index in [9.17, 15) is 4.79 Å². The van der Waals surface area contributed by atoms with Gasteiger partial charge in [-0.2, -0.15) is 0 Å². The smallest absolute Gasteiger partial charge is 0.140 e. The fourth-order valence-corrected chi connectivity index (χ4v) is 3.23. The molecule has 0 saturated carbocycles.